The Labute approximate surface area is 119 Å². The zero-order valence-corrected chi connectivity index (χ0v) is 11.9. The van der Waals surface area contributed by atoms with Crippen molar-refractivity contribution >= 4 is 27.5 Å². The zero-order chi connectivity index (χ0) is 13.1. The van der Waals surface area contributed by atoms with Gasteiger partial charge in [0.2, 0.25) is 0 Å². The van der Waals surface area contributed by atoms with E-state index in [4.69, 9.17) is 17.3 Å². The Morgan fingerprint density at radius 1 is 1.22 bits per heavy atom. The largest absolute Gasteiger partial charge is 0.324 e. The molecule has 0 aliphatic carbocycles. The molecule has 18 heavy (non-hydrogen) atoms. The van der Waals surface area contributed by atoms with E-state index in [0.29, 0.717) is 12.0 Å². The second-order valence-corrected chi connectivity index (χ2v) is 5.40. The fourth-order valence-corrected chi connectivity index (χ4v) is 2.41. The summed E-state index contributed by atoms with van der Waals surface area (Å²) in [6.07, 6.45) is 0.419. The van der Waals surface area contributed by atoms with E-state index in [0.717, 1.165) is 10.0 Å². The maximum Gasteiger partial charge on any atom is 0.145 e. The van der Waals surface area contributed by atoms with E-state index in [1.165, 1.54) is 6.07 Å². The van der Waals surface area contributed by atoms with Crippen LogP contribution >= 0.6 is 27.5 Å². The lowest BCUT2D eigenvalue weighted by Crippen LogP contribution is -2.14. The highest BCUT2D eigenvalue weighted by molar-refractivity contribution is 9.10. The Morgan fingerprint density at radius 2 is 1.94 bits per heavy atom. The van der Waals surface area contributed by atoms with E-state index in [2.05, 4.69) is 15.9 Å². The minimum atomic E-state index is -0.385. The van der Waals surface area contributed by atoms with Crippen molar-refractivity contribution in [1.29, 1.82) is 0 Å². The SMILES string of the molecule is NC(Cc1cccc(Cl)c1F)c1cccc(Br)c1. The zero-order valence-electron chi connectivity index (χ0n) is 9.54. The Kier molecular flexibility index (Phi) is 4.38. The smallest absolute Gasteiger partial charge is 0.145 e. The van der Waals surface area contributed by atoms with Gasteiger partial charge < -0.3 is 5.73 Å². The fourth-order valence-electron chi connectivity index (χ4n) is 1.80. The number of nitrogens with two attached hydrogens (primary N) is 1. The van der Waals surface area contributed by atoms with Gasteiger partial charge in [-0.25, -0.2) is 4.39 Å². The van der Waals surface area contributed by atoms with Gasteiger partial charge in [0.1, 0.15) is 5.82 Å². The molecule has 1 atom stereocenters. The molecule has 1 unspecified atom stereocenters. The third kappa shape index (κ3) is 3.10. The summed E-state index contributed by atoms with van der Waals surface area (Å²) in [5.41, 5.74) is 7.58. The third-order valence-electron chi connectivity index (χ3n) is 2.75. The number of hydrogen-bond acceptors (Lipinski definition) is 1. The first-order valence-electron chi connectivity index (χ1n) is 5.52. The molecule has 1 nitrogen and oxygen atoms in total. The quantitative estimate of drug-likeness (QED) is 0.883. The monoisotopic (exact) mass is 327 g/mol. The van der Waals surface area contributed by atoms with Gasteiger partial charge in [-0.2, -0.15) is 0 Å². The molecule has 0 bridgehead atoms. The molecule has 2 N–H and O–H groups in total. The molecule has 94 valence electrons. The molecule has 2 aromatic carbocycles. The van der Waals surface area contributed by atoms with Crippen LogP contribution in [-0.4, -0.2) is 0 Å². The van der Waals surface area contributed by atoms with Gasteiger partial charge in [-0.1, -0.05) is 51.8 Å². The molecule has 0 radical (unpaired) electrons. The van der Waals surface area contributed by atoms with Crippen LogP contribution in [0.1, 0.15) is 17.2 Å². The van der Waals surface area contributed by atoms with Crippen LogP contribution in [0.4, 0.5) is 4.39 Å². The highest BCUT2D eigenvalue weighted by Gasteiger charge is 2.12. The minimum absolute atomic E-state index is 0.133. The van der Waals surface area contributed by atoms with Crippen molar-refractivity contribution in [3.63, 3.8) is 0 Å². The van der Waals surface area contributed by atoms with Gasteiger partial charge in [-0.05, 0) is 35.7 Å². The Hall–Kier alpha value is -0.900. The molecule has 4 heteroatoms. The van der Waals surface area contributed by atoms with Crippen LogP contribution in [0.2, 0.25) is 5.02 Å². The minimum Gasteiger partial charge on any atom is -0.324 e. The van der Waals surface area contributed by atoms with Crippen LogP contribution in [-0.2, 0) is 6.42 Å². The van der Waals surface area contributed by atoms with Gasteiger partial charge in [0.15, 0.2) is 0 Å². The summed E-state index contributed by atoms with van der Waals surface area (Å²) in [7, 11) is 0. The van der Waals surface area contributed by atoms with Gasteiger partial charge in [0.05, 0.1) is 5.02 Å². The van der Waals surface area contributed by atoms with Gasteiger partial charge in [-0.3, -0.25) is 0 Å². The summed E-state index contributed by atoms with van der Waals surface area (Å²) < 4.78 is 14.7. The van der Waals surface area contributed by atoms with Crippen LogP contribution in [0.5, 0.6) is 0 Å². The number of hydrogen-bond donors (Lipinski definition) is 1. The standard InChI is InChI=1S/C14H12BrClFN/c15-11-5-1-3-9(7-11)13(18)8-10-4-2-6-12(16)14(10)17/h1-7,13H,8,18H2. The molecule has 0 amide bonds. The van der Waals surface area contributed by atoms with Crippen LogP contribution in [0.15, 0.2) is 46.9 Å². The van der Waals surface area contributed by atoms with E-state index in [1.54, 1.807) is 12.1 Å². The van der Waals surface area contributed by atoms with Crippen molar-refractivity contribution in [1.82, 2.24) is 0 Å². The van der Waals surface area contributed by atoms with E-state index in [1.807, 2.05) is 24.3 Å². The predicted octanol–water partition coefficient (Wildman–Crippen LogP) is 4.48. The first-order valence-corrected chi connectivity index (χ1v) is 6.69. The molecule has 0 aromatic heterocycles. The molecule has 2 rings (SSSR count). The highest BCUT2D eigenvalue weighted by atomic mass is 79.9. The lowest BCUT2D eigenvalue weighted by atomic mass is 9.99. The molecule has 0 aliphatic heterocycles. The summed E-state index contributed by atoms with van der Waals surface area (Å²) in [5, 5.41) is 0.133. The Morgan fingerprint density at radius 3 is 2.67 bits per heavy atom. The average Bonchev–Trinajstić information content (AvgIpc) is 2.35. The summed E-state index contributed by atoms with van der Waals surface area (Å²) in [6, 6.07) is 12.4. The lowest BCUT2D eigenvalue weighted by molar-refractivity contribution is 0.593. The highest BCUT2D eigenvalue weighted by Crippen LogP contribution is 2.24. The van der Waals surface area contributed by atoms with Gasteiger partial charge >= 0.3 is 0 Å². The predicted molar refractivity (Wildman–Crippen MR) is 76.2 cm³/mol. The van der Waals surface area contributed by atoms with Crippen molar-refractivity contribution in [3.05, 3.63) is 68.9 Å². The number of halogens is 3. The summed E-state index contributed by atoms with van der Waals surface area (Å²) in [4.78, 5) is 0. The molecular weight excluding hydrogens is 317 g/mol. The van der Waals surface area contributed by atoms with Crippen LogP contribution in [0.25, 0.3) is 0 Å². The Balaban J connectivity index is 2.21. The van der Waals surface area contributed by atoms with Crippen LogP contribution in [0, 0.1) is 5.82 Å². The van der Waals surface area contributed by atoms with E-state index >= 15 is 0 Å². The molecule has 0 saturated carbocycles. The van der Waals surface area contributed by atoms with Gasteiger partial charge in [0.25, 0.3) is 0 Å². The Bertz CT molecular complexity index is 559. The maximum absolute atomic E-state index is 13.8. The van der Waals surface area contributed by atoms with Crippen molar-refractivity contribution in [3.8, 4) is 0 Å². The first-order chi connectivity index (χ1) is 8.58. The number of benzene rings is 2. The molecule has 0 aliphatic rings. The summed E-state index contributed by atoms with van der Waals surface area (Å²) in [5.74, 6) is -0.385. The number of rotatable bonds is 3. The molecule has 0 fully saturated rings. The average molecular weight is 329 g/mol. The van der Waals surface area contributed by atoms with E-state index in [-0.39, 0.29) is 16.9 Å². The third-order valence-corrected chi connectivity index (χ3v) is 3.53. The second-order valence-electron chi connectivity index (χ2n) is 4.08. The van der Waals surface area contributed by atoms with Crippen molar-refractivity contribution < 1.29 is 4.39 Å². The topological polar surface area (TPSA) is 26.0 Å². The van der Waals surface area contributed by atoms with Crippen molar-refractivity contribution in [2.24, 2.45) is 5.73 Å². The normalized spacial score (nSPS) is 12.4. The molecule has 2 aromatic rings. The van der Waals surface area contributed by atoms with Crippen molar-refractivity contribution in [2.75, 3.05) is 0 Å². The lowest BCUT2D eigenvalue weighted by Gasteiger charge is -2.13. The van der Waals surface area contributed by atoms with Crippen LogP contribution < -0.4 is 5.73 Å². The molecular formula is C14H12BrClFN. The first kappa shape index (κ1) is 13.5. The van der Waals surface area contributed by atoms with Gasteiger partial charge in [0, 0.05) is 10.5 Å². The summed E-state index contributed by atoms with van der Waals surface area (Å²) >= 11 is 9.14. The van der Waals surface area contributed by atoms with Crippen molar-refractivity contribution in [2.45, 2.75) is 12.5 Å². The maximum atomic E-state index is 13.8. The summed E-state index contributed by atoms with van der Waals surface area (Å²) in [6.45, 7) is 0. The molecule has 0 heterocycles. The van der Waals surface area contributed by atoms with Crippen LogP contribution in [0.3, 0.4) is 0 Å². The molecule has 0 saturated heterocycles. The fraction of sp³-hybridized carbons (Fsp3) is 0.143. The van der Waals surface area contributed by atoms with E-state index < -0.39 is 0 Å². The van der Waals surface area contributed by atoms with E-state index in [9.17, 15) is 4.39 Å². The van der Waals surface area contributed by atoms with Gasteiger partial charge in [-0.15, -0.1) is 0 Å². The second kappa shape index (κ2) is 5.83. The molecule has 0 spiro atoms.